The first-order chi connectivity index (χ1) is 7.53. The number of rotatable bonds is 3. The van der Waals surface area contributed by atoms with Crippen molar-refractivity contribution in [3.05, 3.63) is 30.1 Å². The molecule has 1 heterocycles. The molecule has 0 aliphatic carbocycles. The van der Waals surface area contributed by atoms with E-state index in [9.17, 15) is 0 Å². The summed E-state index contributed by atoms with van der Waals surface area (Å²) in [5.74, 6) is 1.09. The number of imidazole rings is 1. The molecule has 0 saturated heterocycles. The van der Waals surface area contributed by atoms with Gasteiger partial charge < -0.3 is 4.57 Å². The number of halogens is 1. The molecule has 0 amide bonds. The zero-order chi connectivity index (χ0) is 11.8. The molecule has 1 aromatic heterocycles. The summed E-state index contributed by atoms with van der Waals surface area (Å²) in [6, 6.07) is 8.31. The highest BCUT2D eigenvalue weighted by Gasteiger charge is 2.19. The average molecular weight is 281 g/mol. The van der Waals surface area contributed by atoms with Crippen LogP contribution in [0.2, 0.25) is 0 Å². The Labute approximate surface area is 105 Å². The number of hydrogen-bond acceptors (Lipinski definition) is 1. The predicted octanol–water partition coefficient (Wildman–Crippen LogP) is 3.77. The van der Waals surface area contributed by atoms with Crippen LogP contribution in [-0.2, 0) is 6.54 Å². The number of para-hydroxylation sites is 2. The summed E-state index contributed by atoms with van der Waals surface area (Å²) in [5.41, 5.74) is 2.56. The van der Waals surface area contributed by atoms with Crippen molar-refractivity contribution in [2.75, 3.05) is 5.33 Å². The summed E-state index contributed by atoms with van der Waals surface area (Å²) in [5, 5.41) is 0.992. The summed E-state index contributed by atoms with van der Waals surface area (Å²) in [6.07, 6.45) is 0. The number of hydrogen-bond donors (Lipinski definition) is 0. The molecule has 0 bridgehead atoms. The van der Waals surface area contributed by atoms with Gasteiger partial charge >= 0.3 is 0 Å². The Kier molecular flexibility index (Phi) is 3.06. The smallest absolute Gasteiger partial charge is 0.106 e. The molecule has 0 fully saturated rings. The minimum Gasteiger partial charge on any atom is -0.328 e. The molecule has 0 aliphatic rings. The van der Waals surface area contributed by atoms with E-state index < -0.39 is 0 Å². The molecule has 0 saturated carbocycles. The van der Waals surface area contributed by atoms with Gasteiger partial charge in [0.25, 0.3) is 0 Å². The first-order valence-electron chi connectivity index (χ1n) is 5.51. The topological polar surface area (TPSA) is 17.8 Å². The van der Waals surface area contributed by atoms with Gasteiger partial charge in [-0.3, -0.25) is 0 Å². The molecule has 3 heteroatoms. The highest BCUT2D eigenvalue weighted by atomic mass is 79.9. The molecule has 2 rings (SSSR count). The van der Waals surface area contributed by atoms with Crippen LogP contribution in [0.15, 0.2) is 24.3 Å². The van der Waals surface area contributed by atoms with Crippen molar-refractivity contribution in [2.45, 2.75) is 27.3 Å². The van der Waals surface area contributed by atoms with Gasteiger partial charge in [-0.2, -0.15) is 0 Å². The summed E-state index contributed by atoms with van der Waals surface area (Å²) < 4.78 is 2.30. The number of aryl methyl sites for hydroxylation is 1. The maximum atomic E-state index is 4.58. The number of fused-ring (bicyclic) bond motifs is 1. The lowest BCUT2D eigenvalue weighted by atomic mass is 9.96. The number of aromatic nitrogens is 2. The van der Waals surface area contributed by atoms with E-state index in [2.05, 4.69) is 64.5 Å². The maximum absolute atomic E-state index is 4.58. The fraction of sp³-hybridized carbons (Fsp3) is 0.462. The molecule has 86 valence electrons. The number of alkyl halides is 1. The Bertz CT molecular complexity index is 500. The van der Waals surface area contributed by atoms with Crippen molar-refractivity contribution < 1.29 is 0 Å². The van der Waals surface area contributed by atoms with Gasteiger partial charge in [-0.1, -0.05) is 41.9 Å². The minimum atomic E-state index is 0.244. The third kappa shape index (κ3) is 2.14. The summed E-state index contributed by atoms with van der Waals surface area (Å²) >= 11 is 3.57. The second-order valence-electron chi connectivity index (χ2n) is 5.03. The van der Waals surface area contributed by atoms with E-state index in [4.69, 9.17) is 0 Å². The van der Waals surface area contributed by atoms with E-state index in [1.54, 1.807) is 0 Å². The largest absolute Gasteiger partial charge is 0.328 e. The van der Waals surface area contributed by atoms with E-state index in [1.807, 2.05) is 6.07 Å². The molecular weight excluding hydrogens is 264 g/mol. The molecule has 2 aromatic rings. The summed E-state index contributed by atoms with van der Waals surface area (Å²) in [6.45, 7) is 7.58. The number of benzene rings is 1. The highest BCUT2D eigenvalue weighted by molar-refractivity contribution is 9.09. The van der Waals surface area contributed by atoms with Crippen LogP contribution >= 0.6 is 15.9 Å². The van der Waals surface area contributed by atoms with Crippen molar-refractivity contribution in [3.63, 3.8) is 0 Å². The fourth-order valence-corrected chi connectivity index (χ4v) is 2.04. The van der Waals surface area contributed by atoms with Gasteiger partial charge in [-0.25, -0.2) is 4.98 Å². The van der Waals surface area contributed by atoms with Gasteiger partial charge in [-0.05, 0) is 24.5 Å². The highest BCUT2D eigenvalue weighted by Crippen LogP contribution is 2.25. The van der Waals surface area contributed by atoms with Crippen molar-refractivity contribution in [1.29, 1.82) is 0 Å². The normalized spacial score (nSPS) is 12.2. The molecule has 16 heavy (non-hydrogen) atoms. The van der Waals surface area contributed by atoms with Crippen molar-refractivity contribution in [3.8, 4) is 0 Å². The summed E-state index contributed by atoms with van der Waals surface area (Å²) in [4.78, 5) is 4.58. The van der Waals surface area contributed by atoms with Gasteiger partial charge in [0.2, 0.25) is 0 Å². The van der Waals surface area contributed by atoms with Crippen LogP contribution in [0.25, 0.3) is 11.0 Å². The van der Waals surface area contributed by atoms with Crippen molar-refractivity contribution >= 4 is 27.0 Å². The summed E-state index contributed by atoms with van der Waals surface area (Å²) in [7, 11) is 0. The molecule has 0 aliphatic heterocycles. The lowest BCUT2D eigenvalue weighted by Crippen LogP contribution is -2.21. The molecule has 0 spiro atoms. The van der Waals surface area contributed by atoms with Crippen LogP contribution in [0.5, 0.6) is 0 Å². The molecule has 1 aromatic carbocycles. The van der Waals surface area contributed by atoms with Crippen LogP contribution < -0.4 is 0 Å². The minimum absolute atomic E-state index is 0.244. The van der Waals surface area contributed by atoms with E-state index in [1.165, 1.54) is 5.52 Å². The van der Waals surface area contributed by atoms with Gasteiger partial charge in [0.15, 0.2) is 0 Å². The zero-order valence-electron chi connectivity index (χ0n) is 10.00. The number of nitrogens with zero attached hydrogens (tertiary/aromatic N) is 2. The van der Waals surface area contributed by atoms with Gasteiger partial charge in [0.05, 0.1) is 11.0 Å². The fourth-order valence-electron chi connectivity index (χ4n) is 1.87. The Balaban J connectivity index is 2.47. The molecule has 0 radical (unpaired) electrons. The monoisotopic (exact) mass is 280 g/mol. The van der Waals surface area contributed by atoms with E-state index in [-0.39, 0.29) is 5.41 Å². The second kappa shape index (κ2) is 4.21. The standard InChI is InChI=1S/C13H17BrN2/c1-10-15-11-6-4-5-7-12(11)16(10)9-13(2,3)8-14/h4-7H,8-9H2,1-3H3. The van der Waals surface area contributed by atoms with Gasteiger partial charge in [0, 0.05) is 11.9 Å². The van der Waals surface area contributed by atoms with Crippen LogP contribution in [0.4, 0.5) is 0 Å². The molecule has 2 nitrogen and oxygen atoms in total. The van der Waals surface area contributed by atoms with E-state index in [0.717, 1.165) is 23.2 Å². The van der Waals surface area contributed by atoms with Crippen LogP contribution in [0, 0.1) is 12.3 Å². The molecule has 0 unspecified atom stereocenters. The van der Waals surface area contributed by atoms with E-state index in [0.29, 0.717) is 0 Å². The average Bonchev–Trinajstić information content (AvgIpc) is 2.56. The molecule has 0 N–H and O–H groups in total. The van der Waals surface area contributed by atoms with Crippen LogP contribution in [0.3, 0.4) is 0 Å². The third-order valence-electron chi connectivity index (χ3n) is 2.79. The SMILES string of the molecule is Cc1nc2ccccc2n1CC(C)(C)CBr. The van der Waals surface area contributed by atoms with E-state index >= 15 is 0 Å². The Morgan fingerprint density at radius 1 is 1.31 bits per heavy atom. The van der Waals surface area contributed by atoms with Crippen molar-refractivity contribution in [2.24, 2.45) is 5.41 Å². The molecule has 0 atom stereocenters. The first kappa shape index (κ1) is 11.6. The Morgan fingerprint density at radius 2 is 2.00 bits per heavy atom. The van der Waals surface area contributed by atoms with Gasteiger partial charge in [0.1, 0.15) is 5.82 Å². The molecular formula is C13H17BrN2. The van der Waals surface area contributed by atoms with Crippen LogP contribution in [0.1, 0.15) is 19.7 Å². The van der Waals surface area contributed by atoms with Gasteiger partial charge in [-0.15, -0.1) is 0 Å². The Hall–Kier alpha value is -0.830. The van der Waals surface area contributed by atoms with Crippen molar-refractivity contribution in [1.82, 2.24) is 9.55 Å². The predicted molar refractivity (Wildman–Crippen MR) is 72.0 cm³/mol. The third-order valence-corrected chi connectivity index (χ3v) is 4.31. The quantitative estimate of drug-likeness (QED) is 0.783. The maximum Gasteiger partial charge on any atom is 0.106 e. The van der Waals surface area contributed by atoms with Crippen LogP contribution in [-0.4, -0.2) is 14.9 Å². The lowest BCUT2D eigenvalue weighted by Gasteiger charge is -2.23. The Morgan fingerprint density at radius 3 is 2.69 bits per heavy atom. The second-order valence-corrected chi connectivity index (χ2v) is 5.59. The lowest BCUT2D eigenvalue weighted by molar-refractivity contribution is 0.356. The first-order valence-corrected chi connectivity index (χ1v) is 6.63. The zero-order valence-corrected chi connectivity index (χ0v) is 11.6.